The third-order valence-corrected chi connectivity index (χ3v) is 2.58. The molecule has 0 unspecified atom stereocenters. The molecule has 0 spiro atoms. The fraction of sp³-hybridized carbons (Fsp3) is 0.357. The van der Waals surface area contributed by atoms with Gasteiger partial charge in [0.15, 0.2) is 5.82 Å². The molecule has 0 saturated carbocycles. The first-order valence-electron chi connectivity index (χ1n) is 6.23. The summed E-state index contributed by atoms with van der Waals surface area (Å²) in [5.74, 6) is 2.05. The van der Waals surface area contributed by atoms with Crippen LogP contribution in [-0.2, 0) is 6.42 Å². The lowest BCUT2D eigenvalue weighted by Gasteiger charge is -2.08. The van der Waals surface area contributed by atoms with Crippen molar-refractivity contribution in [2.75, 3.05) is 12.8 Å². The molecular weight excluding hydrogens is 240 g/mol. The van der Waals surface area contributed by atoms with Crippen molar-refractivity contribution in [3.8, 4) is 17.4 Å². The lowest BCUT2D eigenvalue weighted by atomic mass is 10.1. The van der Waals surface area contributed by atoms with Crippen molar-refractivity contribution in [1.82, 2.24) is 15.0 Å². The van der Waals surface area contributed by atoms with Crippen LogP contribution in [-0.4, -0.2) is 22.1 Å². The van der Waals surface area contributed by atoms with Gasteiger partial charge in [-0.2, -0.15) is 0 Å². The molecule has 5 heteroatoms. The van der Waals surface area contributed by atoms with E-state index in [1.807, 2.05) is 18.2 Å². The highest BCUT2D eigenvalue weighted by Crippen LogP contribution is 2.18. The van der Waals surface area contributed by atoms with Gasteiger partial charge < -0.3 is 10.5 Å². The van der Waals surface area contributed by atoms with Crippen molar-refractivity contribution in [3.63, 3.8) is 0 Å². The maximum Gasteiger partial charge on any atom is 0.213 e. The van der Waals surface area contributed by atoms with Gasteiger partial charge in [0, 0.05) is 17.8 Å². The standard InChI is InChI=1S/C14H18N4O/c1-9(2)7-10-8-12(15)18-14(16-10)11-5-4-6-13(17-11)19-3/h4-6,8-9H,7H2,1-3H3,(H2,15,16,18). The Balaban J connectivity index is 2.40. The van der Waals surface area contributed by atoms with Gasteiger partial charge in [-0.05, 0) is 18.4 Å². The fourth-order valence-electron chi connectivity index (χ4n) is 1.81. The zero-order valence-electron chi connectivity index (χ0n) is 11.4. The van der Waals surface area contributed by atoms with E-state index in [2.05, 4.69) is 28.8 Å². The summed E-state index contributed by atoms with van der Waals surface area (Å²) in [4.78, 5) is 13.1. The van der Waals surface area contributed by atoms with Crippen molar-refractivity contribution in [2.45, 2.75) is 20.3 Å². The molecule has 2 heterocycles. The minimum absolute atomic E-state index is 0.463. The van der Waals surface area contributed by atoms with Crippen molar-refractivity contribution >= 4 is 5.82 Å². The number of nitrogens with two attached hydrogens (primary N) is 1. The summed E-state index contributed by atoms with van der Waals surface area (Å²) in [6.07, 6.45) is 0.865. The van der Waals surface area contributed by atoms with E-state index in [-0.39, 0.29) is 0 Å². The van der Waals surface area contributed by atoms with E-state index < -0.39 is 0 Å². The molecule has 0 amide bonds. The molecule has 0 aromatic carbocycles. The molecule has 0 aliphatic rings. The lowest BCUT2D eigenvalue weighted by molar-refractivity contribution is 0.398. The van der Waals surface area contributed by atoms with Gasteiger partial charge in [0.2, 0.25) is 5.88 Å². The van der Waals surface area contributed by atoms with E-state index in [0.29, 0.717) is 29.1 Å². The molecule has 2 aromatic heterocycles. The van der Waals surface area contributed by atoms with Gasteiger partial charge in [0.05, 0.1) is 7.11 Å². The van der Waals surface area contributed by atoms with E-state index in [9.17, 15) is 0 Å². The Morgan fingerprint density at radius 3 is 2.68 bits per heavy atom. The van der Waals surface area contributed by atoms with Crippen LogP contribution in [0.1, 0.15) is 19.5 Å². The second kappa shape index (κ2) is 5.65. The normalized spacial score (nSPS) is 10.7. The second-order valence-corrected chi connectivity index (χ2v) is 4.77. The molecule has 19 heavy (non-hydrogen) atoms. The second-order valence-electron chi connectivity index (χ2n) is 4.77. The highest BCUT2D eigenvalue weighted by molar-refractivity contribution is 5.52. The third-order valence-electron chi connectivity index (χ3n) is 2.58. The molecule has 0 aliphatic heterocycles. The Morgan fingerprint density at radius 1 is 1.21 bits per heavy atom. The van der Waals surface area contributed by atoms with Crippen LogP contribution in [0.5, 0.6) is 5.88 Å². The molecule has 2 rings (SSSR count). The number of anilines is 1. The maximum absolute atomic E-state index is 5.83. The molecule has 5 nitrogen and oxygen atoms in total. The lowest BCUT2D eigenvalue weighted by Crippen LogP contribution is -2.04. The van der Waals surface area contributed by atoms with Crippen LogP contribution in [0.15, 0.2) is 24.3 Å². The zero-order chi connectivity index (χ0) is 13.8. The van der Waals surface area contributed by atoms with Crippen molar-refractivity contribution in [3.05, 3.63) is 30.0 Å². The van der Waals surface area contributed by atoms with Crippen LogP contribution in [0.4, 0.5) is 5.82 Å². The number of hydrogen-bond donors (Lipinski definition) is 1. The summed E-state index contributed by atoms with van der Waals surface area (Å²) in [5, 5.41) is 0. The Morgan fingerprint density at radius 2 is 2.00 bits per heavy atom. The van der Waals surface area contributed by atoms with Crippen LogP contribution in [0.3, 0.4) is 0 Å². The fourth-order valence-corrected chi connectivity index (χ4v) is 1.81. The number of ether oxygens (including phenoxy) is 1. The van der Waals surface area contributed by atoms with Gasteiger partial charge in [0.25, 0.3) is 0 Å². The average molecular weight is 258 g/mol. The van der Waals surface area contributed by atoms with Crippen LogP contribution in [0.25, 0.3) is 11.5 Å². The average Bonchev–Trinajstić information content (AvgIpc) is 2.37. The molecule has 0 bridgehead atoms. The molecular formula is C14H18N4O. The largest absolute Gasteiger partial charge is 0.481 e. The topological polar surface area (TPSA) is 73.9 Å². The quantitative estimate of drug-likeness (QED) is 0.911. The predicted molar refractivity (Wildman–Crippen MR) is 74.8 cm³/mol. The number of methoxy groups -OCH3 is 1. The number of aromatic nitrogens is 3. The van der Waals surface area contributed by atoms with Crippen molar-refractivity contribution in [2.24, 2.45) is 5.92 Å². The minimum atomic E-state index is 0.463. The monoisotopic (exact) mass is 258 g/mol. The molecule has 0 radical (unpaired) electrons. The first-order valence-corrected chi connectivity index (χ1v) is 6.23. The zero-order valence-corrected chi connectivity index (χ0v) is 11.4. The highest BCUT2D eigenvalue weighted by Gasteiger charge is 2.09. The minimum Gasteiger partial charge on any atom is -0.481 e. The summed E-state index contributed by atoms with van der Waals surface area (Å²) < 4.78 is 5.10. The molecule has 2 N–H and O–H groups in total. The summed E-state index contributed by atoms with van der Waals surface area (Å²) in [5.41, 5.74) is 7.43. The summed E-state index contributed by atoms with van der Waals surface area (Å²) in [7, 11) is 1.58. The molecule has 0 atom stereocenters. The number of pyridine rings is 1. The molecule has 100 valence electrons. The first-order chi connectivity index (χ1) is 9.08. The Bertz CT molecular complexity index is 569. The van der Waals surface area contributed by atoms with Gasteiger partial charge in [-0.15, -0.1) is 0 Å². The summed E-state index contributed by atoms with van der Waals surface area (Å²) >= 11 is 0. The Kier molecular flexibility index (Phi) is 3.94. The van der Waals surface area contributed by atoms with Crippen molar-refractivity contribution < 1.29 is 4.74 Å². The predicted octanol–water partition coefficient (Wildman–Crippen LogP) is 2.33. The smallest absolute Gasteiger partial charge is 0.213 e. The van der Waals surface area contributed by atoms with Crippen LogP contribution in [0, 0.1) is 5.92 Å². The van der Waals surface area contributed by atoms with Gasteiger partial charge in [-0.3, -0.25) is 0 Å². The molecule has 0 fully saturated rings. The number of hydrogen-bond acceptors (Lipinski definition) is 5. The number of nitrogen functional groups attached to an aromatic ring is 1. The van der Waals surface area contributed by atoms with E-state index in [0.717, 1.165) is 12.1 Å². The van der Waals surface area contributed by atoms with E-state index in [4.69, 9.17) is 10.5 Å². The van der Waals surface area contributed by atoms with Gasteiger partial charge >= 0.3 is 0 Å². The number of nitrogens with zero attached hydrogens (tertiary/aromatic N) is 3. The number of rotatable bonds is 4. The molecule has 0 aliphatic carbocycles. The maximum atomic E-state index is 5.83. The van der Waals surface area contributed by atoms with E-state index in [1.165, 1.54) is 0 Å². The van der Waals surface area contributed by atoms with Crippen LogP contribution in [0.2, 0.25) is 0 Å². The Labute approximate surface area is 112 Å². The van der Waals surface area contributed by atoms with Crippen LogP contribution >= 0.6 is 0 Å². The Hall–Kier alpha value is -2.17. The van der Waals surface area contributed by atoms with Crippen molar-refractivity contribution in [1.29, 1.82) is 0 Å². The summed E-state index contributed by atoms with van der Waals surface area (Å²) in [6.45, 7) is 4.28. The van der Waals surface area contributed by atoms with E-state index >= 15 is 0 Å². The summed E-state index contributed by atoms with van der Waals surface area (Å²) in [6, 6.07) is 7.29. The molecule has 0 saturated heterocycles. The van der Waals surface area contributed by atoms with Gasteiger partial charge in [0.1, 0.15) is 11.5 Å². The molecule has 2 aromatic rings. The van der Waals surface area contributed by atoms with E-state index in [1.54, 1.807) is 13.2 Å². The van der Waals surface area contributed by atoms with Crippen LogP contribution < -0.4 is 10.5 Å². The van der Waals surface area contributed by atoms with Gasteiger partial charge in [-0.25, -0.2) is 15.0 Å². The van der Waals surface area contributed by atoms with Gasteiger partial charge in [-0.1, -0.05) is 19.9 Å². The highest BCUT2D eigenvalue weighted by atomic mass is 16.5. The SMILES string of the molecule is COc1cccc(-c2nc(N)cc(CC(C)C)n2)n1. The third kappa shape index (κ3) is 3.40. The first kappa shape index (κ1) is 13.3.